The summed E-state index contributed by atoms with van der Waals surface area (Å²) in [4.78, 5) is 7.85. The number of anilines is 2. The Hall–Kier alpha value is -2.45. The summed E-state index contributed by atoms with van der Waals surface area (Å²) in [5, 5.41) is 38.7. The molecule has 2 aromatic heterocycles. The molecule has 3 rings (SSSR count). The van der Waals surface area contributed by atoms with Gasteiger partial charge in [0.2, 0.25) is 0 Å². The molecular weight excluding hydrogens is 292 g/mol. The van der Waals surface area contributed by atoms with Crippen LogP contribution >= 0.6 is 0 Å². The summed E-state index contributed by atoms with van der Waals surface area (Å²) in [6.07, 6.45) is -3.53. The highest BCUT2D eigenvalue weighted by Gasteiger charge is 2.45. The summed E-state index contributed by atoms with van der Waals surface area (Å²) >= 11 is 0. The van der Waals surface area contributed by atoms with Crippen molar-refractivity contribution in [3.63, 3.8) is 0 Å². The maximum absolute atomic E-state index is 10.1. The van der Waals surface area contributed by atoms with E-state index >= 15 is 0 Å². The van der Waals surface area contributed by atoms with E-state index in [-0.39, 0.29) is 28.2 Å². The molecule has 116 valence electrons. The van der Waals surface area contributed by atoms with Crippen molar-refractivity contribution >= 4 is 22.7 Å². The van der Waals surface area contributed by atoms with E-state index < -0.39 is 31.1 Å². The first-order valence-electron chi connectivity index (χ1n) is 6.43. The van der Waals surface area contributed by atoms with E-state index in [1.165, 1.54) is 10.9 Å². The minimum Gasteiger partial charge on any atom is -0.394 e. The molecule has 1 saturated heterocycles. The van der Waals surface area contributed by atoms with Crippen LogP contribution in [0.1, 0.15) is 11.8 Å². The molecule has 0 bridgehead atoms. The molecule has 4 atom stereocenters. The number of aliphatic hydroxyl groups is 3. The molecule has 0 spiro atoms. The number of nitriles is 1. The monoisotopic (exact) mass is 306 g/mol. The number of hydrogen-bond donors (Lipinski definition) is 5. The molecule has 0 aliphatic carbocycles. The molecule has 0 radical (unpaired) electrons. The van der Waals surface area contributed by atoms with Crippen LogP contribution in [0, 0.1) is 11.3 Å². The fraction of sp³-hybridized carbons (Fsp3) is 0.417. The first-order chi connectivity index (χ1) is 10.5. The second-order valence-corrected chi connectivity index (χ2v) is 4.93. The Balaban J connectivity index is 2.23. The number of nitrogens with two attached hydrogens (primary N) is 2. The fourth-order valence-electron chi connectivity index (χ4n) is 2.64. The second-order valence-electron chi connectivity index (χ2n) is 4.93. The minimum atomic E-state index is -1.35. The lowest BCUT2D eigenvalue weighted by Crippen LogP contribution is -2.33. The normalized spacial score (nSPS) is 28.1. The Bertz CT molecular complexity index is 769. The summed E-state index contributed by atoms with van der Waals surface area (Å²) in [6, 6.07) is 1.92. The van der Waals surface area contributed by atoms with Crippen LogP contribution in [0.3, 0.4) is 0 Å². The Kier molecular flexibility index (Phi) is 3.34. The SMILES string of the molecule is N#Cc1c(N)n([C@@H]2O[C@@H](CO)[C@@H](O)[C@@H]2O)c2ncnc(N)c12. The summed E-state index contributed by atoms with van der Waals surface area (Å²) in [7, 11) is 0. The van der Waals surface area contributed by atoms with Gasteiger partial charge < -0.3 is 31.5 Å². The van der Waals surface area contributed by atoms with Crippen LogP contribution in [-0.4, -0.2) is 54.8 Å². The van der Waals surface area contributed by atoms with Gasteiger partial charge in [-0.15, -0.1) is 0 Å². The van der Waals surface area contributed by atoms with Gasteiger partial charge in [-0.2, -0.15) is 5.26 Å². The van der Waals surface area contributed by atoms with Crippen molar-refractivity contribution in [1.29, 1.82) is 5.26 Å². The number of rotatable bonds is 2. The van der Waals surface area contributed by atoms with Crippen LogP contribution in [0.2, 0.25) is 0 Å². The molecule has 10 nitrogen and oxygen atoms in total. The second kappa shape index (κ2) is 5.08. The minimum absolute atomic E-state index is 0.0143. The van der Waals surface area contributed by atoms with Crippen LogP contribution in [0.4, 0.5) is 11.6 Å². The smallest absolute Gasteiger partial charge is 0.166 e. The highest BCUT2D eigenvalue weighted by Crippen LogP contribution is 2.38. The van der Waals surface area contributed by atoms with E-state index in [2.05, 4.69) is 9.97 Å². The number of aliphatic hydroxyl groups excluding tert-OH is 3. The van der Waals surface area contributed by atoms with Gasteiger partial charge in [-0.3, -0.25) is 4.57 Å². The first-order valence-corrected chi connectivity index (χ1v) is 6.43. The molecule has 0 amide bonds. The average molecular weight is 306 g/mol. The van der Waals surface area contributed by atoms with Crippen molar-refractivity contribution in [1.82, 2.24) is 14.5 Å². The third-order valence-corrected chi connectivity index (χ3v) is 3.73. The lowest BCUT2D eigenvalue weighted by Gasteiger charge is -2.18. The van der Waals surface area contributed by atoms with Gasteiger partial charge in [0.05, 0.1) is 12.0 Å². The van der Waals surface area contributed by atoms with Gasteiger partial charge in [0.25, 0.3) is 0 Å². The Morgan fingerprint density at radius 2 is 2.05 bits per heavy atom. The van der Waals surface area contributed by atoms with Gasteiger partial charge in [-0.1, -0.05) is 0 Å². The van der Waals surface area contributed by atoms with E-state index in [0.717, 1.165) is 0 Å². The molecule has 22 heavy (non-hydrogen) atoms. The molecule has 0 unspecified atom stereocenters. The number of hydrogen-bond acceptors (Lipinski definition) is 9. The Labute approximate surface area is 124 Å². The van der Waals surface area contributed by atoms with Crippen LogP contribution < -0.4 is 11.5 Å². The quantitative estimate of drug-likeness (QED) is 0.423. The van der Waals surface area contributed by atoms with E-state index in [0.29, 0.717) is 0 Å². The molecule has 1 aliphatic heterocycles. The Morgan fingerprint density at radius 1 is 1.32 bits per heavy atom. The van der Waals surface area contributed by atoms with Crippen molar-refractivity contribution in [2.45, 2.75) is 24.5 Å². The highest BCUT2D eigenvalue weighted by molar-refractivity contribution is 5.96. The molecule has 1 aliphatic rings. The van der Waals surface area contributed by atoms with E-state index in [1.54, 1.807) is 0 Å². The maximum Gasteiger partial charge on any atom is 0.166 e. The molecule has 3 heterocycles. The van der Waals surface area contributed by atoms with Crippen LogP contribution in [-0.2, 0) is 4.74 Å². The number of fused-ring (bicyclic) bond motifs is 1. The third kappa shape index (κ3) is 1.81. The summed E-state index contributed by atoms with van der Waals surface area (Å²) in [5.74, 6) is 0.0540. The van der Waals surface area contributed by atoms with Gasteiger partial charge in [0.1, 0.15) is 47.9 Å². The lowest BCUT2D eigenvalue weighted by molar-refractivity contribution is -0.0499. The zero-order valence-electron chi connectivity index (χ0n) is 11.3. The summed E-state index contributed by atoms with van der Waals surface area (Å²) in [6.45, 7) is -0.476. The molecule has 1 fully saturated rings. The van der Waals surface area contributed by atoms with Crippen LogP contribution in [0.15, 0.2) is 6.33 Å². The average Bonchev–Trinajstić information content (AvgIpc) is 2.95. The lowest BCUT2D eigenvalue weighted by atomic mass is 10.1. The van der Waals surface area contributed by atoms with Crippen LogP contribution in [0.25, 0.3) is 11.0 Å². The standard InChI is InChI=1S/C12H14N6O4/c13-1-4-6-9(14)16-3-17-11(6)18(10(4)15)12-8(21)7(20)5(2-19)22-12/h3,5,7-8,12,19-21H,2,15H2,(H2,14,16,17)/t5-,7+,8-,12+/m0/s1. The van der Waals surface area contributed by atoms with Gasteiger partial charge in [0.15, 0.2) is 11.9 Å². The predicted molar refractivity (Wildman–Crippen MR) is 74.1 cm³/mol. The van der Waals surface area contributed by atoms with Gasteiger partial charge >= 0.3 is 0 Å². The zero-order chi connectivity index (χ0) is 16.0. The van der Waals surface area contributed by atoms with E-state index in [1.807, 2.05) is 6.07 Å². The van der Waals surface area contributed by atoms with Crippen molar-refractivity contribution in [2.75, 3.05) is 18.1 Å². The Morgan fingerprint density at radius 3 is 2.64 bits per heavy atom. The van der Waals surface area contributed by atoms with Crippen molar-refractivity contribution < 1.29 is 20.1 Å². The van der Waals surface area contributed by atoms with Crippen molar-refractivity contribution in [3.05, 3.63) is 11.9 Å². The predicted octanol–water partition coefficient (Wildman–Crippen LogP) is -1.92. The van der Waals surface area contributed by atoms with Crippen molar-refractivity contribution in [3.8, 4) is 6.07 Å². The number of aromatic nitrogens is 3. The maximum atomic E-state index is 10.1. The molecule has 10 heteroatoms. The van der Waals surface area contributed by atoms with Gasteiger partial charge in [-0.25, -0.2) is 9.97 Å². The van der Waals surface area contributed by atoms with Gasteiger partial charge in [0, 0.05) is 0 Å². The third-order valence-electron chi connectivity index (χ3n) is 3.73. The van der Waals surface area contributed by atoms with Crippen molar-refractivity contribution in [2.24, 2.45) is 0 Å². The molecule has 0 aromatic carbocycles. The van der Waals surface area contributed by atoms with E-state index in [4.69, 9.17) is 21.3 Å². The molecule has 7 N–H and O–H groups in total. The molecule has 2 aromatic rings. The fourth-order valence-corrected chi connectivity index (χ4v) is 2.64. The largest absolute Gasteiger partial charge is 0.394 e. The number of ether oxygens (including phenoxy) is 1. The van der Waals surface area contributed by atoms with Gasteiger partial charge in [-0.05, 0) is 0 Å². The summed E-state index contributed by atoms with van der Waals surface area (Å²) < 4.78 is 6.70. The number of nitrogens with zero attached hydrogens (tertiary/aromatic N) is 4. The molecular formula is C12H14N6O4. The van der Waals surface area contributed by atoms with E-state index in [9.17, 15) is 15.5 Å². The molecule has 0 saturated carbocycles. The van der Waals surface area contributed by atoms with Crippen LogP contribution in [0.5, 0.6) is 0 Å². The first kappa shape index (κ1) is 14.5. The zero-order valence-corrected chi connectivity index (χ0v) is 11.3. The number of nitrogen functional groups attached to an aromatic ring is 2. The highest BCUT2D eigenvalue weighted by atomic mass is 16.6. The summed E-state index contributed by atoms with van der Waals surface area (Å²) in [5.41, 5.74) is 12.0. The topological polar surface area (TPSA) is 176 Å².